The molecule has 1 unspecified atom stereocenters. The molecule has 0 fully saturated rings. The summed E-state index contributed by atoms with van der Waals surface area (Å²) in [4.78, 5) is 13.0. The van der Waals surface area contributed by atoms with E-state index in [2.05, 4.69) is 6.58 Å². The van der Waals surface area contributed by atoms with E-state index in [0.29, 0.717) is 31.6 Å². The standard InChI is InChI=1S/C28H27FO2/c1-2-9-23(18-19-31-21-22-10-5-3-6-11-22)27(24-14-16-26(29)17-15-24)20-28(30)25-12-7-4-8-13-25/h2-17,27H,1,18-21H2/b23-9+. The predicted octanol–water partition coefficient (Wildman–Crippen LogP) is 6.90. The summed E-state index contributed by atoms with van der Waals surface area (Å²) >= 11 is 0. The number of carbonyl (C=O) groups is 1. The predicted molar refractivity (Wildman–Crippen MR) is 124 cm³/mol. The number of ketones is 1. The second-order valence-corrected chi connectivity index (χ2v) is 7.36. The Morgan fingerprint density at radius 1 is 0.935 bits per heavy atom. The maximum atomic E-state index is 13.5. The first-order chi connectivity index (χ1) is 15.2. The summed E-state index contributed by atoms with van der Waals surface area (Å²) in [6.45, 7) is 4.90. The van der Waals surface area contributed by atoms with E-state index < -0.39 is 0 Å². The molecule has 0 aromatic heterocycles. The van der Waals surface area contributed by atoms with Gasteiger partial charge in [0.15, 0.2) is 5.78 Å². The quantitative estimate of drug-likeness (QED) is 0.194. The Balaban J connectivity index is 1.75. The van der Waals surface area contributed by atoms with Crippen molar-refractivity contribution < 1.29 is 13.9 Å². The fourth-order valence-electron chi connectivity index (χ4n) is 3.56. The Bertz CT molecular complexity index is 992. The monoisotopic (exact) mass is 414 g/mol. The van der Waals surface area contributed by atoms with E-state index in [9.17, 15) is 9.18 Å². The molecule has 0 heterocycles. The van der Waals surface area contributed by atoms with Gasteiger partial charge in [0.05, 0.1) is 13.2 Å². The van der Waals surface area contributed by atoms with Crippen molar-refractivity contribution in [2.75, 3.05) is 6.61 Å². The Kier molecular flexibility index (Phi) is 8.50. The molecule has 0 spiro atoms. The van der Waals surface area contributed by atoms with Crippen LogP contribution in [0.5, 0.6) is 0 Å². The minimum absolute atomic E-state index is 0.0510. The Labute approximate surface area is 183 Å². The molecule has 0 radical (unpaired) electrons. The van der Waals surface area contributed by atoms with Gasteiger partial charge in [-0.3, -0.25) is 4.79 Å². The highest BCUT2D eigenvalue weighted by Crippen LogP contribution is 2.32. The average Bonchev–Trinajstić information content (AvgIpc) is 2.81. The number of carbonyl (C=O) groups excluding carboxylic acids is 1. The Morgan fingerprint density at radius 2 is 1.58 bits per heavy atom. The maximum Gasteiger partial charge on any atom is 0.163 e. The summed E-state index contributed by atoms with van der Waals surface area (Å²) in [5, 5.41) is 0. The zero-order chi connectivity index (χ0) is 21.9. The third-order valence-corrected chi connectivity index (χ3v) is 5.18. The fourth-order valence-corrected chi connectivity index (χ4v) is 3.56. The zero-order valence-corrected chi connectivity index (χ0v) is 17.5. The van der Waals surface area contributed by atoms with Crippen LogP contribution in [0.2, 0.25) is 0 Å². The molecule has 2 nitrogen and oxygen atoms in total. The number of Topliss-reactive ketones (excluding diaryl/α,β-unsaturated/α-hetero) is 1. The van der Waals surface area contributed by atoms with E-state index in [1.165, 1.54) is 12.1 Å². The maximum absolute atomic E-state index is 13.5. The zero-order valence-electron chi connectivity index (χ0n) is 17.5. The van der Waals surface area contributed by atoms with Crippen molar-refractivity contribution in [1.29, 1.82) is 0 Å². The summed E-state index contributed by atoms with van der Waals surface area (Å²) < 4.78 is 19.4. The topological polar surface area (TPSA) is 26.3 Å². The molecule has 0 amide bonds. The number of benzene rings is 3. The van der Waals surface area contributed by atoms with Crippen molar-refractivity contribution in [3.63, 3.8) is 0 Å². The lowest BCUT2D eigenvalue weighted by molar-refractivity contribution is 0.0973. The molecule has 3 aromatic rings. The summed E-state index contributed by atoms with van der Waals surface area (Å²) in [7, 11) is 0. The lowest BCUT2D eigenvalue weighted by Crippen LogP contribution is -2.12. The molecule has 0 N–H and O–H groups in total. The molecule has 0 aliphatic heterocycles. The molecular weight excluding hydrogens is 387 g/mol. The van der Waals surface area contributed by atoms with E-state index in [0.717, 1.165) is 16.7 Å². The molecule has 0 aliphatic carbocycles. The van der Waals surface area contributed by atoms with Gasteiger partial charge in [0, 0.05) is 17.9 Å². The SMILES string of the molecule is C=C/C=C(\CCOCc1ccccc1)C(CC(=O)c1ccccc1)c1ccc(F)cc1. The molecule has 31 heavy (non-hydrogen) atoms. The van der Waals surface area contributed by atoms with Gasteiger partial charge in [-0.25, -0.2) is 4.39 Å². The molecule has 0 aliphatic rings. The summed E-state index contributed by atoms with van der Waals surface area (Å²) in [5.41, 5.74) is 3.74. The largest absolute Gasteiger partial charge is 0.376 e. The highest BCUT2D eigenvalue weighted by atomic mass is 19.1. The third kappa shape index (κ3) is 6.87. The summed E-state index contributed by atoms with van der Waals surface area (Å²) in [6.07, 6.45) is 4.63. The molecule has 3 heteroatoms. The minimum atomic E-state index is -0.294. The van der Waals surface area contributed by atoms with Gasteiger partial charge in [0.2, 0.25) is 0 Å². The smallest absolute Gasteiger partial charge is 0.163 e. The van der Waals surface area contributed by atoms with E-state index in [1.807, 2.05) is 66.7 Å². The van der Waals surface area contributed by atoms with Crippen LogP contribution in [0.15, 0.2) is 109 Å². The number of rotatable bonds is 11. The number of halogens is 1. The molecule has 3 aromatic carbocycles. The molecule has 3 rings (SSSR count). The van der Waals surface area contributed by atoms with Crippen LogP contribution in [-0.4, -0.2) is 12.4 Å². The van der Waals surface area contributed by atoms with E-state index in [1.54, 1.807) is 18.2 Å². The minimum Gasteiger partial charge on any atom is -0.376 e. The Morgan fingerprint density at radius 3 is 2.23 bits per heavy atom. The van der Waals surface area contributed by atoms with Crippen molar-refractivity contribution >= 4 is 5.78 Å². The number of hydrogen-bond acceptors (Lipinski definition) is 2. The molecule has 158 valence electrons. The first kappa shape index (κ1) is 22.4. The van der Waals surface area contributed by atoms with Gasteiger partial charge in [-0.1, -0.05) is 97.1 Å². The second-order valence-electron chi connectivity index (χ2n) is 7.36. The normalized spacial score (nSPS) is 12.4. The number of ether oxygens (including phenoxy) is 1. The molecule has 0 saturated carbocycles. The summed E-state index contributed by atoms with van der Waals surface area (Å²) in [6, 6.07) is 25.6. The molecular formula is C28H27FO2. The molecule has 1 atom stereocenters. The van der Waals surface area contributed by atoms with Crippen LogP contribution < -0.4 is 0 Å². The van der Waals surface area contributed by atoms with Crippen LogP contribution in [0, 0.1) is 5.82 Å². The lowest BCUT2D eigenvalue weighted by atomic mass is 9.84. The highest BCUT2D eigenvalue weighted by molar-refractivity contribution is 5.96. The van der Waals surface area contributed by atoms with Gasteiger partial charge in [-0.05, 0) is 29.7 Å². The molecule has 0 bridgehead atoms. The van der Waals surface area contributed by atoms with Crippen LogP contribution in [0.25, 0.3) is 0 Å². The van der Waals surface area contributed by atoms with Gasteiger partial charge >= 0.3 is 0 Å². The van der Waals surface area contributed by atoms with E-state index in [-0.39, 0.29) is 17.5 Å². The van der Waals surface area contributed by atoms with Crippen LogP contribution in [-0.2, 0) is 11.3 Å². The number of hydrogen-bond donors (Lipinski definition) is 0. The van der Waals surface area contributed by atoms with Crippen LogP contribution in [0.4, 0.5) is 4.39 Å². The summed E-state index contributed by atoms with van der Waals surface area (Å²) in [5.74, 6) is -0.418. The second kappa shape index (κ2) is 11.8. The van der Waals surface area contributed by atoms with E-state index in [4.69, 9.17) is 4.74 Å². The number of allylic oxidation sites excluding steroid dienone is 2. The van der Waals surface area contributed by atoms with Crippen molar-refractivity contribution in [3.05, 3.63) is 132 Å². The Hall–Kier alpha value is -3.30. The van der Waals surface area contributed by atoms with Gasteiger partial charge in [0.25, 0.3) is 0 Å². The van der Waals surface area contributed by atoms with Gasteiger partial charge < -0.3 is 4.74 Å². The van der Waals surface area contributed by atoms with Crippen LogP contribution >= 0.6 is 0 Å². The van der Waals surface area contributed by atoms with Crippen LogP contribution in [0.3, 0.4) is 0 Å². The first-order valence-corrected chi connectivity index (χ1v) is 10.4. The average molecular weight is 415 g/mol. The van der Waals surface area contributed by atoms with Gasteiger partial charge in [-0.15, -0.1) is 0 Å². The van der Waals surface area contributed by atoms with Crippen molar-refractivity contribution in [2.24, 2.45) is 0 Å². The first-order valence-electron chi connectivity index (χ1n) is 10.4. The third-order valence-electron chi connectivity index (χ3n) is 5.18. The fraction of sp³-hybridized carbons (Fsp3) is 0.179. The van der Waals surface area contributed by atoms with Gasteiger partial charge in [-0.2, -0.15) is 0 Å². The van der Waals surface area contributed by atoms with Crippen molar-refractivity contribution in [3.8, 4) is 0 Å². The van der Waals surface area contributed by atoms with Gasteiger partial charge in [0.1, 0.15) is 5.82 Å². The van der Waals surface area contributed by atoms with Crippen molar-refractivity contribution in [2.45, 2.75) is 25.4 Å². The van der Waals surface area contributed by atoms with Crippen LogP contribution in [0.1, 0.15) is 40.2 Å². The lowest BCUT2D eigenvalue weighted by Gasteiger charge is -2.21. The van der Waals surface area contributed by atoms with Crippen molar-refractivity contribution in [1.82, 2.24) is 0 Å². The molecule has 0 saturated heterocycles. The highest BCUT2D eigenvalue weighted by Gasteiger charge is 2.21. The van der Waals surface area contributed by atoms with E-state index >= 15 is 0 Å².